The molecule has 0 bridgehead atoms. The van der Waals surface area contributed by atoms with Crippen LogP contribution in [0.4, 0.5) is 4.39 Å². The topological polar surface area (TPSA) is 0 Å². The fourth-order valence-electron chi connectivity index (χ4n) is 0.901. The van der Waals surface area contributed by atoms with Gasteiger partial charge >= 0.3 is 0 Å². The van der Waals surface area contributed by atoms with Gasteiger partial charge in [0.25, 0.3) is 0 Å². The van der Waals surface area contributed by atoms with Gasteiger partial charge in [-0.25, -0.2) is 4.39 Å². The van der Waals surface area contributed by atoms with E-state index in [1.165, 1.54) is 12.1 Å². The Hall–Kier alpha value is -0.630. The number of benzene rings is 1. The first-order valence-electron chi connectivity index (χ1n) is 4.22. The Kier molecular flexibility index (Phi) is 4.16. The van der Waals surface area contributed by atoms with Crippen molar-refractivity contribution in [2.75, 3.05) is 5.33 Å². The van der Waals surface area contributed by atoms with Gasteiger partial charge in [0.15, 0.2) is 0 Å². The molecular weight excluding hydrogens is 231 g/mol. The molecule has 0 saturated heterocycles. The van der Waals surface area contributed by atoms with Crippen molar-refractivity contribution in [1.29, 1.82) is 0 Å². The summed E-state index contributed by atoms with van der Waals surface area (Å²) in [5.41, 5.74) is 1.04. The van der Waals surface area contributed by atoms with Gasteiger partial charge in [-0.1, -0.05) is 47.1 Å². The molecule has 0 aliphatic carbocycles. The third-order valence-corrected chi connectivity index (χ3v) is 2.75. The van der Waals surface area contributed by atoms with Gasteiger partial charge in [0.1, 0.15) is 5.82 Å². The largest absolute Gasteiger partial charge is 0.207 e. The lowest BCUT2D eigenvalue weighted by Gasteiger charge is -1.98. The fourth-order valence-corrected chi connectivity index (χ4v) is 1.12. The fraction of sp³-hybridized carbons (Fsp3) is 0.273. The molecule has 0 nitrogen and oxygen atoms in total. The quantitative estimate of drug-likeness (QED) is 0.707. The summed E-state index contributed by atoms with van der Waals surface area (Å²) in [4.78, 5) is 0. The van der Waals surface area contributed by atoms with Gasteiger partial charge in [-0.15, -0.1) is 0 Å². The van der Waals surface area contributed by atoms with E-state index in [4.69, 9.17) is 0 Å². The van der Waals surface area contributed by atoms with E-state index < -0.39 is 0 Å². The molecule has 1 atom stereocenters. The van der Waals surface area contributed by atoms with E-state index in [9.17, 15) is 4.39 Å². The SMILES string of the molecule is CC(/C=C/c1ccc(F)cc1)CBr. The molecule has 2 heteroatoms. The van der Waals surface area contributed by atoms with Crippen LogP contribution in [0.5, 0.6) is 0 Å². The van der Waals surface area contributed by atoms with Crippen LogP contribution in [0.2, 0.25) is 0 Å². The third kappa shape index (κ3) is 3.73. The van der Waals surface area contributed by atoms with E-state index in [0.717, 1.165) is 10.9 Å². The van der Waals surface area contributed by atoms with Gasteiger partial charge in [-0.2, -0.15) is 0 Å². The Bertz CT molecular complexity index is 277. The molecule has 0 saturated carbocycles. The van der Waals surface area contributed by atoms with E-state index in [2.05, 4.69) is 28.9 Å². The van der Waals surface area contributed by atoms with Gasteiger partial charge < -0.3 is 0 Å². The molecule has 1 aromatic rings. The standard InChI is InChI=1S/C11H12BrF/c1-9(8-12)2-3-10-4-6-11(13)7-5-10/h2-7,9H,8H2,1H3/b3-2+. The van der Waals surface area contributed by atoms with E-state index in [0.29, 0.717) is 5.92 Å². The second kappa shape index (κ2) is 5.18. The first-order chi connectivity index (χ1) is 6.22. The van der Waals surface area contributed by atoms with Gasteiger partial charge in [0, 0.05) is 5.33 Å². The second-order valence-electron chi connectivity index (χ2n) is 3.04. The molecule has 0 spiro atoms. The summed E-state index contributed by atoms with van der Waals surface area (Å²) in [7, 11) is 0. The van der Waals surface area contributed by atoms with E-state index in [-0.39, 0.29) is 5.82 Å². The van der Waals surface area contributed by atoms with Gasteiger partial charge in [-0.3, -0.25) is 0 Å². The van der Waals surface area contributed by atoms with Crippen LogP contribution in [0.3, 0.4) is 0 Å². The van der Waals surface area contributed by atoms with Crippen molar-refractivity contribution in [3.63, 3.8) is 0 Å². The minimum atomic E-state index is -0.189. The van der Waals surface area contributed by atoms with Crippen molar-refractivity contribution in [3.05, 3.63) is 41.7 Å². The molecule has 0 amide bonds. The molecule has 1 unspecified atom stereocenters. The van der Waals surface area contributed by atoms with Crippen LogP contribution in [0.25, 0.3) is 6.08 Å². The number of allylic oxidation sites excluding steroid dienone is 1. The molecule has 0 aliphatic rings. The van der Waals surface area contributed by atoms with Crippen molar-refractivity contribution in [3.8, 4) is 0 Å². The second-order valence-corrected chi connectivity index (χ2v) is 3.69. The first kappa shape index (κ1) is 10.5. The lowest BCUT2D eigenvalue weighted by Crippen LogP contribution is -1.88. The van der Waals surface area contributed by atoms with Gasteiger partial charge in [0.05, 0.1) is 0 Å². The Morgan fingerprint density at radius 1 is 1.38 bits per heavy atom. The summed E-state index contributed by atoms with van der Waals surface area (Å²) in [5.74, 6) is 0.316. The normalized spacial score (nSPS) is 13.5. The van der Waals surface area contributed by atoms with Crippen LogP contribution in [-0.4, -0.2) is 5.33 Å². The molecule has 0 heterocycles. The van der Waals surface area contributed by atoms with Crippen LogP contribution in [0.1, 0.15) is 12.5 Å². The molecule has 0 N–H and O–H groups in total. The highest BCUT2D eigenvalue weighted by Crippen LogP contribution is 2.08. The first-order valence-corrected chi connectivity index (χ1v) is 5.34. The number of hydrogen-bond donors (Lipinski definition) is 0. The molecular formula is C11H12BrF. The molecule has 0 radical (unpaired) electrons. The van der Waals surface area contributed by atoms with Gasteiger partial charge in [-0.05, 0) is 23.6 Å². The zero-order valence-corrected chi connectivity index (χ0v) is 9.09. The maximum absolute atomic E-state index is 12.5. The Morgan fingerprint density at radius 2 is 2.00 bits per heavy atom. The minimum Gasteiger partial charge on any atom is -0.207 e. The highest BCUT2D eigenvalue weighted by molar-refractivity contribution is 9.09. The zero-order chi connectivity index (χ0) is 9.68. The molecule has 0 aromatic heterocycles. The Morgan fingerprint density at radius 3 is 2.54 bits per heavy atom. The lowest BCUT2D eigenvalue weighted by molar-refractivity contribution is 0.628. The predicted molar refractivity (Wildman–Crippen MR) is 58.4 cm³/mol. The molecule has 0 aliphatic heterocycles. The zero-order valence-electron chi connectivity index (χ0n) is 7.50. The average molecular weight is 243 g/mol. The van der Waals surface area contributed by atoms with Crippen molar-refractivity contribution in [2.24, 2.45) is 5.92 Å². The minimum absolute atomic E-state index is 0.189. The van der Waals surface area contributed by atoms with Crippen molar-refractivity contribution in [2.45, 2.75) is 6.92 Å². The molecule has 13 heavy (non-hydrogen) atoms. The maximum Gasteiger partial charge on any atom is 0.123 e. The number of rotatable bonds is 3. The van der Waals surface area contributed by atoms with Crippen LogP contribution in [-0.2, 0) is 0 Å². The summed E-state index contributed by atoms with van der Waals surface area (Å²) in [6.45, 7) is 2.12. The van der Waals surface area contributed by atoms with Crippen LogP contribution in [0, 0.1) is 11.7 Å². The van der Waals surface area contributed by atoms with E-state index in [1.807, 2.05) is 6.08 Å². The summed E-state index contributed by atoms with van der Waals surface area (Å²) < 4.78 is 12.5. The number of alkyl halides is 1. The summed E-state index contributed by atoms with van der Waals surface area (Å²) >= 11 is 3.39. The van der Waals surface area contributed by atoms with E-state index >= 15 is 0 Å². The average Bonchev–Trinajstić information content (AvgIpc) is 2.16. The smallest absolute Gasteiger partial charge is 0.123 e. The van der Waals surface area contributed by atoms with Crippen molar-refractivity contribution in [1.82, 2.24) is 0 Å². The summed E-state index contributed by atoms with van der Waals surface area (Å²) in [5, 5.41) is 0.949. The number of hydrogen-bond acceptors (Lipinski definition) is 0. The summed E-state index contributed by atoms with van der Waals surface area (Å²) in [6.07, 6.45) is 4.10. The van der Waals surface area contributed by atoms with Crippen LogP contribution < -0.4 is 0 Å². The molecule has 0 fully saturated rings. The monoisotopic (exact) mass is 242 g/mol. The van der Waals surface area contributed by atoms with Gasteiger partial charge in [0.2, 0.25) is 0 Å². The molecule has 70 valence electrons. The molecule has 1 aromatic carbocycles. The van der Waals surface area contributed by atoms with Crippen LogP contribution in [0.15, 0.2) is 30.3 Å². The van der Waals surface area contributed by atoms with Crippen LogP contribution >= 0.6 is 15.9 Å². The van der Waals surface area contributed by atoms with Crippen molar-refractivity contribution >= 4 is 22.0 Å². The highest BCUT2D eigenvalue weighted by atomic mass is 79.9. The lowest BCUT2D eigenvalue weighted by atomic mass is 10.1. The van der Waals surface area contributed by atoms with E-state index in [1.54, 1.807) is 12.1 Å². The molecule has 1 rings (SSSR count). The number of halogens is 2. The predicted octanol–water partition coefficient (Wildman–Crippen LogP) is 3.87. The summed E-state index contributed by atoms with van der Waals surface area (Å²) in [6, 6.07) is 6.48. The Balaban J connectivity index is 2.64. The maximum atomic E-state index is 12.5. The van der Waals surface area contributed by atoms with Crippen molar-refractivity contribution < 1.29 is 4.39 Å². The highest BCUT2D eigenvalue weighted by Gasteiger charge is 1.92. The third-order valence-electron chi connectivity index (χ3n) is 1.73. The Labute approximate surface area is 86.6 Å².